The molecule has 10 nitrogen and oxygen atoms in total. The van der Waals surface area contributed by atoms with E-state index in [1.165, 1.54) is 24.3 Å². The molecule has 1 aliphatic rings. The molecule has 12 heteroatoms. The first-order valence-corrected chi connectivity index (χ1v) is 13.0. The molecule has 8 N–H and O–H groups in total. The van der Waals surface area contributed by atoms with Crippen LogP contribution < -0.4 is 11.5 Å². The summed E-state index contributed by atoms with van der Waals surface area (Å²) >= 11 is 1.78. The fourth-order valence-corrected chi connectivity index (χ4v) is 6.43. The number of rotatable bonds is 6. The third-order valence-corrected chi connectivity index (χ3v) is 8.47. The van der Waals surface area contributed by atoms with Crippen LogP contribution in [-0.2, 0) is 0 Å². The number of phenols is 2. The number of phenolic OH excluding ortho intramolecular Hbond substituents is 2. The Morgan fingerprint density at radius 2 is 0.925 bits per heavy atom. The van der Waals surface area contributed by atoms with Crippen molar-refractivity contribution in [2.45, 2.75) is 19.6 Å². The normalized spacial score (nSPS) is 12.1. The zero-order valence-corrected chi connectivity index (χ0v) is 21.8. The van der Waals surface area contributed by atoms with Crippen LogP contribution in [0.5, 0.6) is 11.5 Å². The standard InChI is InChI=1S/C28H18N2O8S2/c29-23-17(39-15-7-3-1-5-11(15)27(35)36)9-13(31)19-21(23)26(34)22-20(25(19)33)14(32)10-18(24(22)30)40-16-8-4-2-6-12(16)28(37)38/h1-10,31-32H,29-30H2,(H,35,36)(H,37,38). The minimum atomic E-state index is -1.19. The molecule has 0 heterocycles. The van der Waals surface area contributed by atoms with E-state index in [4.69, 9.17) is 11.5 Å². The molecule has 4 aromatic carbocycles. The number of aromatic carboxylic acids is 2. The zero-order chi connectivity index (χ0) is 28.9. The average Bonchev–Trinajstić information content (AvgIpc) is 2.91. The van der Waals surface area contributed by atoms with Gasteiger partial charge in [0, 0.05) is 19.6 Å². The van der Waals surface area contributed by atoms with E-state index in [2.05, 4.69) is 0 Å². The van der Waals surface area contributed by atoms with Gasteiger partial charge in [-0.05, 0) is 36.4 Å². The first-order chi connectivity index (χ1) is 19.0. The average molecular weight is 575 g/mol. The van der Waals surface area contributed by atoms with E-state index in [0.717, 1.165) is 35.7 Å². The van der Waals surface area contributed by atoms with Crippen molar-refractivity contribution in [2.24, 2.45) is 0 Å². The molecule has 200 valence electrons. The number of fused-ring (bicyclic) bond motifs is 2. The summed E-state index contributed by atoms with van der Waals surface area (Å²) in [5, 5.41) is 40.6. The van der Waals surface area contributed by atoms with Gasteiger partial charge in [0.2, 0.25) is 5.78 Å². The highest BCUT2D eigenvalue weighted by molar-refractivity contribution is 7.99. The number of carbonyl (C=O) groups is 4. The van der Waals surface area contributed by atoms with Crippen molar-refractivity contribution in [3.05, 3.63) is 94.0 Å². The Kier molecular flexibility index (Phi) is 6.65. The van der Waals surface area contributed by atoms with Gasteiger partial charge in [0.1, 0.15) is 11.5 Å². The minimum Gasteiger partial charge on any atom is -0.507 e. The highest BCUT2D eigenvalue weighted by Crippen LogP contribution is 2.48. The molecule has 1 aliphatic carbocycles. The Labute approximate surface area is 234 Å². The van der Waals surface area contributed by atoms with Crippen LogP contribution in [0.4, 0.5) is 11.4 Å². The Hall–Kier alpha value is -4.94. The van der Waals surface area contributed by atoms with Gasteiger partial charge in [-0.1, -0.05) is 47.8 Å². The monoisotopic (exact) mass is 574 g/mol. The molecule has 0 fully saturated rings. The fraction of sp³-hybridized carbons (Fsp3) is 0. The second-order valence-electron chi connectivity index (χ2n) is 8.58. The number of anilines is 2. The summed E-state index contributed by atoms with van der Waals surface area (Å²) in [7, 11) is 0. The maximum atomic E-state index is 13.8. The number of hydrogen-bond donors (Lipinski definition) is 6. The number of ketones is 2. The van der Waals surface area contributed by atoms with Gasteiger partial charge in [-0.2, -0.15) is 0 Å². The quantitative estimate of drug-likeness (QED) is 0.120. The molecular formula is C28H18N2O8S2. The van der Waals surface area contributed by atoms with Gasteiger partial charge in [-0.3, -0.25) is 9.59 Å². The maximum absolute atomic E-state index is 13.8. The summed E-state index contributed by atoms with van der Waals surface area (Å²) in [5.41, 5.74) is 10.7. The second kappa shape index (κ2) is 9.98. The summed E-state index contributed by atoms with van der Waals surface area (Å²) in [6.07, 6.45) is 0. The van der Waals surface area contributed by atoms with Crippen LogP contribution in [0.3, 0.4) is 0 Å². The number of carboxylic acid groups (broad SMARTS) is 2. The predicted molar refractivity (Wildman–Crippen MR) is 147 cm³/mol. The SMILES string of the molecule is Nc1c(Sc2ccccc2C(=O)O)cc(O)c2c1C(=O)c1c(N)c(Sc3ccccc3C(=O)O)cc(O)c1C2=O. The Balaban J connectivity index is 1.65. The van der Waals surface area contributed by atoms with E-state index in [-0.39, 0.29) is 53.2 Å². The van der Waals surface area contributed by atoms with E-state index in [1.54, 1.807) is 24.3 Å². The van der Waals surface area contributed by atoms with Gasteiger partial charge in [0.05, 0.1) is 44.8 Å². The second-order valence-corrected chi connectivity index (χ2v) is 10.7. The van der Waals surface area contributed by atoms with Crippen molar-refractivity contribution in [1.82, 2.24) is 0 Å². The van der Waals surface area contributed by atoms with Gasteiger partial charge >= 0.3 is 11.9 Å². The minimum absolute atomic E-state index is 0.0330. The van der Waals surface area contributed by atoms with Crippen LogP contribution in [0.1, 0.15) is 52.6 Å². The van der Waals surface area contributed by atoms with Crippen molar-refractivity contribution < 1.29 is 39.6 Å². The van der Waals surface area contributed by atoms with Crippen LogP contribution in [0.2, 0.25) is 0 Å². The molecule has 0 radical (unpaired) electrons. The lowest BCUT2D eigenvalue weighted by atomic mass is 9.81. The van der Waals surface area contributed by atoms with Gasteiger partial charge in [-0.15, -0.1) is 0 Å². The molecule has 0 amide bonds. The molecule has 4 aromatic rings. The molecule has 0 spiro atoms. The predicted octanol–water partition coefficient (Wildman–Crippen LogP) is 4.74. The molecular weight excluding hydrogens is 556 g/mol. The molecule has 0 atom stereocenters. The van der Waals surface area contributed by atoms with Crippen LogP contribution in [0.25, 0.3) is 0 Å². The summed E-state index contributed by atoms with van der Waals surface area (Å²) in [4.78, 5) is 51.4. The van der Waals surface area contributed by atoms with E-state index < -0.39 is 46.1 Å². The Morgan fingerprint density at radius 1 is 0.575 bits per heavy atom. The molecule has 0 aliphatic heterocycles. The van der Waals surface area contributed by atoms with Crippen molar-refractivity contribution in [1.29, 1.82) is 0 Å². The molecule has 5 rings (SSSR count). The van der Waals surface area contributed by atoms with Gasteiger partial charge < -0.3 is 31.9 Å². The van der Waals surface area contributed by atoms with E-state index in [9.17, 15) is 39.6 Å². The summed E-state index contributed by atoms with van der Waals surface area (Å²) in [5.74, 6) is -5.29. The molecule has 0 saturated carbocycles. The lowest BCUT2D eigenvalue weighted by Crippen LogP contribution is -2.24. The Bertz CT molecular complexity index is 1680. The van der Waals surface area contributed by atoms with Crippen LogP contribution >= 0.6 is 23.5 Å². The first-order valence-electron chi connectivity index (χ1n) is 11.4. The van der Waals surface area contributed by atoms with Crippen LogP contribution in [0, 0.1) is 0 Å². The number of aromatic hydroxyl groups is 2. The third kappa shape index (κ3) is 4.28. The summed E-state index contributed by atoms with van der Waals surface area (Å²) < 4.78 is 0. The van der Waals surface area contributed by atoms with Crippen molar-refractivity contribution in [2.75, 3.05) is 11.5 Å². The third-order valence-electron chi connectivity index (χ3n) is 6.20. The van der Waals surface area contributed by atoms with Gasteiger partial charge in [0.15, 0.2) is 5.78 Å². The summed E-state index contributed by atoms with van der Waals surface area (Å²) in [6, 6.07) is 14.4. The Morgan fingerprint density at radius 3 is 1.30 bits per heavy atom. The van der Waals surface area contributed by atoms with Crippen molar-refractivity contribution in [3.63, 3.8) is 0 Å². The largest absolute Gasteiger partial charge is 0.507 e. The van der Waals surface area contributed by atoms with Gasteiger partial charge in [0.25, 0.3) is 0 Å². The molecule has 0 bridgehead atoms. The zero-order valence-electron chi connectivity index (χ0n) is 20.2. The number of nitrogens with two attached hydrogens (primary N) is 2. The van der Waals surface area contributed by atoms with E-state index >= 15 is 0 Å². The highest BCUT2D eigenvalue weighted by Gasteiger charge is 2.39. The number of benzene rings is 4. The van der Waals surface area contributed by atoms with Gasteiger partial charge in [-0.25, -0.2) is 9.59 Å². The lowest BCUT2D eigenvalue weighted by Gasteiger charge is -2.24. The highest BCUT2D eigenvalue weighted by atomic mass is 32.2. The van der Waals surface area contributed by atoms with E-state index in [1.807, 2.05) is 0 Å². The molecule has 40 heavy (non-hydrogen) atoms. The summed E-state index contributed by atoms with van der Waals surface area (Å²) in [6.45, 7) is 0. The number of nitrogen functional groups attached to an aromatic ring is 2. The van der Waals surface area contributed by atoms with Crippen LogP contribution in [-0.4, -0.2) is 43.9 Å². The topological polar surface area (TPSA) is 201 Å². The number of carboxylic acids is 2. The van der Waals surface area contributed by atoms with Crippen LogP contribution in [0.15, 0.2) is 80.2 Å². The lowest BCUT2D eigenvalue weighted by molar-refractivity contribution is 0.0682. The molecule has 0 saturated heterocycles. The fourth-order valence-electron chi connectivity index (χ4n) is 4.37. The number of carbonyl (C=O) groups excluding carboxylic acids is 2. The number of hydrogen-bond acceptors (Lipinski definition) is 10. The van der Waals surface area contributed by atoms with Crippen molar-refractivity contribution in [3.8, 4) is 11.5 Å². The molecule has 0 aromatic heterocycles. The maximum Gasteiger partial charge on any atom is 0.336 e. The van der Waals surface area contributed by atoms with E-state index in [0.29, 0.717) is 0 Å². The smallest absolute Gasteiger partial charge is 0.336 e. The molecule has 0 unspecified atom stereocenters. The van der Waals surface area contributed by atoms with Crippen molar-refractivity contribution >= 4 is 58.4 Å². The first kappa shape index (κ1) is 26.7.